The maximum Gasteiger partial charge on any atom is 0.337 e. The molecule has 1 aliphatic heterocycles. The van der Waals surface area contributed by atoms with Crippen LogP contribution < -0.4 is 10.1 Å². The Labute approximate surface area is 146 Å². The van der Waals surface area contributed by atoms with E-state index in [0.717, 1.165) is 12.8 Å². The van der Waals surface area contributed by atoms with Gasteiger partial charge < -0.3 is 19.9 Å². The molecule has 1 fully saturated rings. The SMILES string of the molecule is CCOc1cc(C2NC(=O)N(C3CC3)C(C)=C2C(=O)OC)ccc1O. The molecule has 2 amide bonds. The molecule has 2 aliphatic rings. The van der Waals surface area contributed by atoms with Crippen LogP contribution in [0.1, 0.15) is 38.3 Å². The third-order valence-electron chi connectivity index (χ3n) is 4.46. The number of esters is 1. The number of rotatable bonds is 5. The predicted molar refractivity (Wildman–Crippen MR) is 90.1 cm³/mol. The van der Waals surface area contributed by atoms with Gasteiger partial charge in [-0.2, -0.15) is 0 Å². The summed E-state index contributed by atoms with van der Waals surface area (Å²) in [7, 11) is 1.32. The zero-order chi connectivity index (χ0) is 18.1. The lowest BCUT2D eigenvalue weighted by Gasteiger charge is -2.35. The van der Waals surface area contributed by atoms with Crippen LogP contribution in [0.25, 0.3) is 0 Å². The lowest BCUT2D eigenvalue weighted by Crippen LogP contribution is -2.48. The smallest absolute Gasteiger partial charge is 0.337 e. The number of carbonyl (C=O) groups is 2. The van der Waals surface area contributed by atoms with Crippen LogP contribution in [0, 0.1) is 0 Å². The van der Waals surface area contributed by atoms with Gasteiger partial charge in [-0.25, -0.2) is 9.59 Å². The van der Waals surface area contributed by atoms with E-state index in [1.807, 2.05) is 6.92 Å². The highest BCUT2D eigenvalue weighted by molar-refractivity contribution is 5.95. The van der Waals surface area contributed by atoms with Crippen molar-refractivity contribution in [3.8, 4) is 11.5 Å². The minimum Gasteiger partial charge on any atom is -0.504 e. The van der Waals surface area contributed by atoms with E-state index in [1.54, 1.807) is 24.0 Å². The molecule has 25 heavy (non-hydrogen) atoms. The molecule has 0 saturated heterocycles. The van der Waals surface area contributed by atoms with Crippen LogP contribution in [-0.2, 0) is 9.53 Å². The van der Waals surface area contributed by atoms with Crippen LogP contribution in [0.15, 0.2) is 29.5 Å². The van der Waals surface area contributed by atoms with E-state index in [4.69, 9.17) is 9.47 Å². The lowest BCUT2D eigenvalue weighted by atomic mass is 9.94. The van der Waals surface area contributed by atoms with E-state index in [-0.39, 0.29) is 17.8 Å². The van der Waals surface area contributed by atoms with Gasteiger partial charge in [0.2, 0.25) is 0 Å². The fourth-order valence-corrected chi connectivity index (χ4v) is 3.14. The Kier molecular flexibility index (Phi) is 4.57. The van der Waals surface area contributed by atoms with Crippen molar-refractivity contribution in [2.24, 2.45) is 0 Å². The van der Waals surface area contributed by atoms with Gasteiger partial charge in [0.15, 0.2) is 11.5 Å². The van der Waals surface area contributed by atoms with Gasteiger partial charge in [0.1, 0.15) is 0 Å². The monoisotopic (exact) mass is 346 g/mol. The molecule has 3 rings (SSSR count). The van der Waals surface area contributed by atoms with E-state index >= 15 is 0 Å². The zero-order valence-corrected chi connectivity index (χ0v) is 14.5. The van der Waals surface area contributed by atoms with Crippen LogP contribution in [0.2, 0.25) is 0 Å². The summed E-state index contributed by atoms with van der Waals surface area (Å²) < 4.78 is 10.3. The Hall–Kier alpha value is -2.70. The molecule has 1 saturated carbocycles. The molecule has 0 bridgehead atoms. The fraction of sp³-hybridized carbons (Fsp3) is 0.444. The third-order valence-corrected chi connectivity index (χ3v) is 4.46. The Bertz CT molecular complexity index is 739. The molecule has 0 radical (unpaired) electrons. The largest absolute Gasteiger partial charge is 0.504 e. The van der Waals surface area contributed by atoms with Gasteiger partial charge in [-0.05, 0) is 44.4 Å². The first-order valence-electron chi connectivity index (χ1n) is 8.32. The number of urea groups is 1. The first kappa shape index (κ1) is 17.1. The van der Waals surface area contributed by atoms with Crippen LogP contribution in [-0.4, -0.2) is 41.8 Å². The number of ether oxygens (including phenoxy) is 2. The molecule has 1 aromatic carbocycles. The maximum atomic E-state index is 12.6. The van der Waals surface area contributed by atoms with Crippen molar-refractivity contribution < 1.29 is 24.2 Å². The molecule has 7 nitrogen and oxygen atoms in total. The van der Waals surface area contributed by atoms with Gasteiger partial charge in [-0.3, -0.25) is 4.90 Å². The van der Waals surface area contributed by atoms with E-state index in [1.165, 1.54) is 13.2 Å². The maximum absolute atomic E-state index is 12.6. The summed E-state index contributed by atoms with van der Waals surface area (Å²) in [5.41, 5.74) is 1.64. The molecule has 0 spiro atoms. The standard InChI is InChI=1S/C18H22N2O5/c1-4-25-14-9-11(5-8-13(14)21)16-15(17(22)24-3)10(2)20(12-6-7-12)18(23)19-16/h5,8-9,12,16,21H,4,6-7H2,1-3H3,(H,19,23). The van der Waals surface area contributed by atoms with Crippen molar-refractivity contribution in [2.75, 3.05) is 13.7 Å². The molecule has 1 heterocycles. The number of hydrogen-bond donors (Lipinski definition) is 2. The normalized spacial score (nSPS) is 20.4. The third kappa shape index (κ3) is 3.14. The van der Waals surface area contributed by atoms with Crippen molar-refractivity contribution in [2.45, 2.75) is 38.8 Å². The molecule has 2 N–H and O–H groups in total. The number of phenolic OH excluding ortho intramolecular Hbond substituents is 1. The Morgan fingerprint density at radius 3 is 2.72 bits per heavy atom. The van der Waals surface area contributed by atoms with Crippen molar-refractivity contribution in [1.82, 2.24) is 10.2 Å². The second-order valence-corrected chi connectivity index (χ2v) is 6.13. The summed E-state index contributed by atoms with van der Waals surface area (Å²) in [6.45, 7) is 3.97. The first-order valence-corrected chi connectivity index (χ1v) is 8.32. The molecule has 1 aliphatic carbocycles. The number of methoxy groups -OCH3 is 1. The molecular weight excluding hydrogens is 324 g/mol. The van der Waals surface area contributed by atoms with Crippen LogP contribution in [0.4, 0.5) is 4.79 Å². The first-order chi connectivity index (χ1) is 12.0. The second kappa shape index (κ2) is 6.66. The average Bonchev–Trinajstić information content (AvgIpc) is 3.41. The number of nitrogens with zero attached hydrogens (tertiary/aromatic N) is 1. The van der Waals surface area contributed by atoms with Gasteiger partial charge >= 0.3 is 12.0 Å². The number of hydrogen-bond acceptors (Lipinski definition) is 5. The van der Waals surface area contributed by atoms with E-state index < -0.39 is 12.0 Å². The highest BCUT2D eigenvalue weighted by Gasteiger charge is 2.42. The Balaban J connectivity index is 2.06. The van der Waals surface area contributed by atoms with Crippen LogP contribution in [0.3, 0.4) is 0 Å². The summed E-state index contributed by atoms with van der Waals surface area (Å²) in [4.78, 5) is 26.6. The Morgan fingerprint density at radius 1 is 1.40 bits per heavy atom. The van der Waals surface area contributed by atoms with Crippen molar-refractivity contribution in [3.05, 3.63) is 35.0 Å². The summed E-state index contributed by atoms with van der Waals surface area (Å²) in [5.74, 6) is -0.174. The van der Waals surface area contributed by atoms with Crippen molar-refractivity contribution in [1.29, 1.82) is 0 Å². The van der Waals surface area contributed by atoms with Crippen LogP contribution in [0.5, 0.6) is 11.5 Å². The number of nitrogens with one attached hydrogen (secondary N) is 1. The minimum absolute atomic E-state index is 0.00709. The summed E-state index contributed by atoms with van der Waals surface area (Å²) >= 11 is 0. The fourth-order valence-electron chi connectivity index (χ4n) is 3.14. The second-order valence-electron chi connectivity index (χ2n) is 6.13. The summed E-state index contributed by atoms with van der Waals surface area (Å²) in [6.07, 6.45) is 1.86. The molecule has 134 valence electrons. The number of phenols is 1. The van der Waals surface area contributed by atoms with Gasteiger partial charge in [-0.15, -0.1) is 0 Å². The number of amides is 2. The molecule has 7 heteroatoms. The Morgan fingerprint density at radius 2 is 2.12 bits per heavy atom. The quantitative estimate of drug-likeness (QED) is 0.800. The number of benzene rings is 1. The topological polar surface area (TPSA) is 88.1 Å². The predicted octanol–water partition coefficient (Wildman–Crippen LogP) is 2.47. The van der Waals surface area contributed by atoms with E-state index in [9.17, 15) is 14.7 Å². The molecule has 1 unspecified atom stereocenters. The van der Waals surface area contributed by atoms with Crippen LogP contribution >= 0.6 is 0 Å². The summed E-state index contributed by atoms with van der Waals surface area (Å²) in [5, 5.41) is 12.8. The highest BCUT2D eigenvalue weighted by Crippen LogP contribution is 2.39. The molecular formula is C18H22N2O5. The van der Waals surface area contributed by atoms with Crippen molar-refractivity contribution >= 4 is 12.0 Å². The van der Waals surface area contributed by atoms with Gasteiger partial charge in [0.05, 0.1) is 25.3 Å². The molecule has 1 aromatic rings. The van der Waals surface area contributed by atoms with Gasteiger partial charge in [0.25, 0.3) is 0 Å². The summed E-state index contributed by atoms with van der Waals surface area (Å²) in [6, 6.07) is 4.03. The van der Waals surface area contributed by atoms with Gasteiger partial charge in [-0.1, -0.05) is 6.07 Å². The minimum atomic E-state index is -0.658. The number of carbonyl (C=O) groups excluding carboxylic acids is 2. The average molecular weight is 346 g/mol. The number of allylic oxidation sites excluding steroid dienone is 1. The van der Waals surface area contributed by atoms with Gasteiger partial charge in [0, 0.05) is 11.7 Å². The molecule has 1 atom stereocenters. The zero-order valence-electron chi connectivity index (χ0n) is 14.5. The van der Waals surface area contributed by atoms with E-state index in [0.29, 0.717) is 29.2 Å². The lowest BCUT2D eigenvalue weighted by molar-refractivity contribution is -0.136. The van der Waals surface area contributed by atoms with E-state index in [2.05, 4.69) is 5.32 Å². The number of aromatic hydroxyl groups is 1. The highest BCUT2D eigenvalue weighted by atomic mass is 16.5. The molecule has 0 aromatic heterocycles. The van der Waals surface area contributed by atoms with Crippen molar-refractivity contribution in [3.63, 3.8) is 0 Å².